The molecule has 0 heterocycles. The van der Waals surface area contributed by atoms with Crippen LogP contribution < -0.4 is 29.6 Å². The third-order valence-corrected chi connectivity index (χ3v) is 0. The molecule has 0 aromatic rings. The molecule has 0 unspecified atom stereocenters. The second-order valence-electron chi connectivity index (χ2n) is 0. The predicted octanol–water partition coefficient (Wildman–Crippen LogP) is -2.08. The first kappa shape index (κ1) is 18.7. The molecule has 22 valence electrons. The van der Waals surface area contributed by atoms with Gasteiger partial charge in [0.25, 0.3) is 0 Å². The zero-order valence-electron chi connectivity index (χ0n) is 3.77. The van der Waals surface area contributed by atoms with Crippen LogP contribution in [0.4, 0.5) is 0 Å². The molecule has 0 fully saturated rings. The molecule has 0 atom stereocenters. The molecule has 0 amide bonds. The van der Waals surface area contributed by atoms with Crippen LogP contribution in [0.2, 0.25) is 0 Å². The van der Waals surface area contributed by atoms with E-state index in [1.807, 2.05) is 0 Å². The van der Waals surface area contributed by atoms with E-state index in [0.717, 1.165) is 0 Å². The van der Waals surface area contributed by atoms with Crippen molar-refractivity contribution >= 4 is 0 Å². The first-order valence-electron chi connectivity index (χ1n) is 0.500. The zero-order chi connectivity index (χ0) is 2.00. The maximum atomic E-state index is 3.00. The molecule has 0 saturated carbocycles. The van der Waals surface area contributed by atoms with Crippen LogP contribution in [0.15, 0.2) is 13.2 Å². The Morgan fingerprint density at radius 2 is 1.25 bits per heavy atom. The summed E-state index contributed by atoms with van der Waals surface area (Å²) in [5.41, 5.74) is 0. The van der Waals surface area contributed by atoms with Gasteiger partial charge in [0.05, 0.1) is 0 Å². The van der Waals surface area contributed by atoms with Gasteiger partial charge in [-0.25, -0.2) is 0 Å². The van der Waals surface area contributed by atoms with E-state index in [0.29, 0.717) is 0 Å². The molecular weight excluding hydrogens is 103 g/mol. The quantitative estimate of drug-likeness (QED) is 0.246. The number of hydrogen-bond donors (Lipinski definition) is 0. The molecule has 0 radical (unpaired) electrons. The van der Waals surface area contributed by atoms with Gasteiger partial charge in [-0.1, -0.05) is 0 Å². The van der Waals surface area contributed by atoms with Crippen molar-refractivity contribution in [1.82, 2.24) is 0 Å². The fraction of sp³-hybridized carbons (Fsp3) is 0. The van der Waals surface area contributed by atoms with Gasteiger partial charge in [0.1, 0.15) is 0 Å². The molecule has 0 rings (SSSR count). The van der Waals surface area contributed by atoms with Crippen molar-refractivity contribution in [2.45, 2.75) is 0 Å². The molecule has 0 nitrogen and oxygen atoms in total. The minimum Gasteiger partial charge on any atom is -1.00 e. The summed E-state index contributed by atoms with van der Waals surface area (Å²) in [6.07, 6.45) is 0. The molecule has 2 heteroatoms. The Balaban J connectivity index is -0.00000000167. The van der Waals surface area contributed by atoms with Crippen LogP contribution in [-0.4, -0.2) is 0 Å². The van der Waals surface area contributed by atoms with Crippen molar-refractivity contribution in [3.8, 4) is 0 Å². The van der Waals surface area contributed by atoms with E-state index in [2.05, 4.69) is 13.2 Å². The van der Waals surface area contributed by atoms with Crippen LogP contribution in [0.25, 0.3) is 0 Å². The fourth-order valence-corrected chi connectivity index (χ4v) is 0. The summed E-state index contributed by atoms with van der Waals surface area (Å²) in [5, 5.41) is 0. The van der Waals surface area contributed by atoms with E-state index >= 15 is 0 Å². The largest absolute Gasteiger partial charge is 1.00 e. The van der Waals surface area contributed by atoms with E-state index in [4.69, 9.17) is 0 Å². The average molecular weight is 108 g/mol. The van der Waals surface area contributed by atoms with Gasteiger partial charge in [0.15, 0.2) is 0 Å². The van der Waals surface area contributed by atoms with Crippen LogP contribution in [0.3, 0.4) is 0 Å². The van der Waals surface area contributed by atoms with Crippen molar-refractivity contribution in [3.05, 3.63) is 13.2 Å². The zero-order valence-corrected chi connectivity index (χ0v) is 5.87. The first-order chi connectivity index (χ1) is 1.00. The Morgan fingerprint density at radius 1 is 1.25 bits per heavy atom. The molecular formula is C2H5FeNa. The SMILES string of the molecule is C=C.[Fe].[H-].[Na+]. The van der Waals surface area contributed by atoms with Crippen LogP contribution >= 0.6 is 0 Å². The molecule has 0 aliphatic heterocycles. The standard InChI is InChI=1S/C2H4.Fe.Na.H/c1-2;;;/h1-2H2;;;/q;;+1;-1. The summed E-state index contributed by atoms with van der Waals surface area (Å²) in [6.45, 7) is 6.00. The Labute approximate surface area is 60.9 Å². The molecule has 0 bridgehead atoms. The minimum absolute atomic E-state index is 0. The van der Waals surface area contributed by atoms with E-state index in [9.17, 15) is 0 Å². The molecule has 0 N–H and O–H groups in total. The van der Waals surface area contributed by atoms with Crippen molar-refractivity contribution < 1.29 is 48.1 Å². The molecule has 0 spiro atoms. The van der Waals surface area contributed by atoms with E-state index in [1.165, 1.54) is 0 Å². The summed E-state index contributed by atoms with van der Waals surface area (Å²) in [6, 6.07) is 0. The van der Waals surface area contributed by atoms with Gasteiger partial charge in [-0.2, -0.15) is 0 Å². The molecule has 0 aliphatic carbocycles. The second kappa shape index (κ2) is 28.5. The Hall–Kier alpha value is 1.26. The van der Waals surface area contributed by atoms with Crippen molar-refractivity contribution in [3.63, 3.8) is 0 Å². The molecule has 0 aromatic heterocycles. The Kier molecular flexibility index (Phi) is 133. The summed E-state index contributed by atoms with van der Waals surface area (Å²) in [4.78, 5) is 0. The van der Waals surface area contributed by atoms with Crippen molar-refractivity contribution in [1.29, 1.82) is 0 Å². The molecule has 0 aromatic carbocycles. The van der Waals surface area contributed by atoms with Crippen LogP contribution in [-0.2, 0) is 17.1 Å². The van der Waals surface area contributed by atoms with Gasteiger partial charge in [-0.15, -0.1) is 13.2 Å². The predicted molar refractivity (Wildman–Crippen MR) is 12.4 cm³/mol. The van der Waals surface area contributed by atoms with E-state index in [1.54, 1.807) is 0 Å². The van der Waals surface area contributed by atoms with Gasteiger partial charge in [0.2, 0.25) is 0 Å². The maximum absolute atomic E-state index is 3.00. The maximum Gasteiger partial charge on any atom is 1.00 e. The van der Waals surface area contributed by atoms with Crippen molar-refractivity contribution in [2.75, 3.05) is 0 Å². The van der Waals surface area contributed by atoms with Gasteiger partial charge in [0, 0.05) is 17.1 Å². The van der Waals surface area contributed by atoms with Gasteiger partial charge >= 0.3 is 29.6 Å². The fourth-order valence-electron chi connectivity index (χ4n) is 0. The number of hydrogen-bond acceptors (Lipinski definition) is 0. The van der Waals surface area contributed by atoms with Crippen LogP contribution in [0.5, 0.6) is 0 Å². The summed E-state index contributed by atoms with van der Waals surface area (Å²) in [7, 11) is 0. The monoisotopic (exact) mass is 108 g/mol. The first-order valence-corrected chi connectivity index (χ1v) is 0.500. The third-order valence-electron chi connectivity index (χ3n) is 0. The van der Waals surface area contributed by atoms with Crippen LogP contribution in [0.1, 0.15) is 1.43 Å². The Morgan fingerprint density at radius 3 is 1.25 bits per heavy atom. The van der Waals surface area contributed by atoms with Crippen LogP contribution in [0, 0.1) is 0 Å². The average Bonchev–Trinajstić information content (AvgIpc) is 1.00. The van der Waals surface area contributed by atoms with Crippen molar-refractivity contribution in [2.24, 2.45) is 0 Å². The van der Waals surface area contributed by atoms with Gasteiger partial charge in [-0.05, 0) is 0 Å². The molecule has 4 heavy (non-hydrogen) atoms. The smallest absolute Gasteiger partial charge is 1.00 e. The Bertz CT molecular complexity index is 9.61. The van der Waals surface area contributed by atoms with Gasteiger partial charge in [-0.3, -0.25) is 0 Å². The third kappa shape index (κ3) is 10.5. The molecule has 0 saturated heterocycles. The summed E-state index contributed by atoms with van der Waals surface area (Å²) >= 11 is 0. The topological polar surface area (TPSA) is 0 Å². The summed E-state index contributed by atoms with van der Waals surface area (Å²) in [5.74, 6) is 0. The summed E-state index contributed by atoms with van der Waals surface area (Å²) < 4.78 is 0. The second-order valence-corrected chi connectivity index (χ2v) is 0. The van der Waals surface area contributed by atoms with E-state index < -0.39 is 0 Å². The number of rotatable bonds is 0. The minimum atomic E-state index is 0. The van der Waals surface area contributed by atoms with Gasteiger partial charge < -0.3 is 1.43 Å². The van der Waals surface area contributed by atoms with E-state index in [-0.39, 0.29) is 48.1 Å². The molecule has 0 aliphatic rings. The normalized spacial score (nSPS) is 1.00.